The second-order valence-corrected chi connectivity index (χ2v) is 6.71. The first kappa shape index (κ1) is 31.1. The van der Waals surface area contributed by atoms with Gasteiger partial charge in [0.25, 0.3) is 0 Å². The number of benzene rings is 2. The molecule has 0 fully saturated rings. The number of carbonyl (C=O) groups excluding carboxylic acids is 1. The summed E-state index contributed by atoms with van der Waals surface area (Å²) in [6.45, 7) is 13.2. The number of primary amides is 1. The van der Waals surface area contributed by atoms with Crippen LogP contribution in [0.25, 0.3) is 10.2 Å². The van der Waals surface area contributed by atoms with Crippen LogP contribution < -0.4 is 15.6 Å². The Morgan fingerprint density at radius 1 is 1.10 bits per heavy atom. The molecule has 1 unspecified atom stereocenters. The first-order valence-corrected chi connectivity index (χ1v) is 12.0. The molecule has 1 amide bonds. The van der Waals surface area contributed by atoms with Gasteiger partial charge in [0, 0.05) is 5.92 Å². The summed E-state index contributed by atoms with van der Waals surface area (Å²) in [6, 6.07) is 16.7. The van der Waals surface area contributed by atoms with Crippen molar-refractivity contribution in [3.8, 4) is 5.75 Å². The SMILES string of the molecule is CC.CC.CCCCOc1ccc2nc(C(C)c3ccccc3)sc2c1.NC=O.NS. The maximum atomic E-state index is 8.58. The molecule has 1 aromatic heterocycles. The zero-order chi connectivity index (χ0) is 24.1. The molecule has 0 aliphatic heterocycles. The Bertz CT molecular complexity index is 796. The molecular formula is C24H39N3O2S2. The van der Waals surface area contributed by atoms with E-state index in [-0.39, 0.29) is 6.41 Å². The first-order chi connectivity index (χ1) is 15.2. The van der Waals surface area contributed by atoms with Crippen LogP contribution in [-0.2, 0) is 4.79 Å². The van der Waals surface area contributed by atoms with Gasteiger partial charge < -0.3 is 10.5 Å². The van der Waals surface area contributed by atoms with Gasteiger partial charge in [0.15, 0.2) is 0 Å². The van der Waals surface area contributed by atoms with Crippen molar-refractivity contribution in [3.05, 3.63) is 59.1 Å². The van der Waals surface area contributed by atoms with Crippen molar-refractivity contribution in [2.75, 3.05) is 6.61 Å². The summed E-state index contributed by atoms with van der Waals surface area (Å²) in [5.74, 6) is 1.27. The zero-order valence-corrected chi connectivity index (χ0v) is 21.4. The Morgan fingerprint density at radius 2 is 1.68 bits per heavy atom. The van der Waals surface area contributed by atoms with Gasteiger partial charge in [0.2, 0.25) is 6.41 Å². The lowest BCUT2D eigenvalue weighted by atomic mass is 10.0. The summed E-state index contributed by atoms with van der Waals surface area (Å²) < 4.78 is 6.99. The number of carbonyl (C=O) groups is 1. The summed E-state index contributed by atoms with van der Waals surface area (Å²) in [5.41, 5.74) is 6.53. The average molecular weight is 466 g/mol. The number of amides is 1. The van der Waals surface area contributed by atoms with Crippen LogP contribution >= 0.6 is 24.2 Å². The van der Waals surface area contributed by atoms with E-state index < -0.39 is 0 Å². The molecule has 0 saturated heterocycles. The maximum Gasteiger partial charge on any atom is 0.204 e. The molecule has 31 heavy (non-hydrogen) atoms. The average Bonchev–Trinajstić information content (AvgIpc) is 3.27. The number of thiazole rings is 1. The Morgan fingerprint density at radius 3 is 2.23 bits per heavy atom. The topological polar surface area (TPSA) is 91.2 Å². The van der Waals surface area contributed by atoms with E-state index in [9.17, 15) is 0 Å². The van der Waals surface area contributed by atoms with E-state index >= 15 is 0 Å². The van der Waals surface area contributed by atoms with Crippen molar-refractivity contribution >= 4 is 40.8 Å². The van der Waals surface area contributed by atoms with Crippen molar-refractivity contribution < 1.29 is 9.53 Å². The molecule has 1 atom stereocenters. The van der Waals surface area contributed by atoms with Crippen LogP contribution in [0.3, 0.4) is 0 Å². The largest absolute Gasteiger partial charge is 0.494 e. The third-order valence-corrected chi connectivity index (χ3v) is 5.01. The van der Waals surface area contributed by atoms with E-state index in [0.717, 1.165) is 35.7 Å². The lowest BCUT2D eigenvalue weighted by molar-refractivity contribution is -0.106. The molecule has 0 aliphatic carbocycles. The normalized spacial score (nSPS) is 9.81. The van der Waals surface area contributed by atoms with E-state index in [4.69, 9.17) is 14.5 Å². The summed E-state index contributed by atoms with van der Waals surface area (Å²) >= 11 is 4.79. The van der Waals surface area contributed by atoms with Crippen molar-refractivity contribution in [1.82, 2.24) is 4.98 Å². The highest BCUT2D eigenvalue weighted by molar-refractivity contribution is 7.77. The fourth-order valence-corrected chi connectivity index (χ4v) is 3.49. The predicted molar refractivity (Wildman–Crippen MR) is 140 cm³/mol. The molecule has 2 aromatic carbocycles. The molecule has 0 radical (unpaired) electrons. The second-order valence-electron chi connectivity index (χ2n) is 5.65. The van der Waals surface area contributed by atoms with Gasteiger partial charge in [-0.15, -0.1) is 24.2 Å². The third kappa shape index (κ3) is 11.8. The lowest BCUT2D eigenvalue weighted by Gasteiger charge is -2.07. The summed E-state index contributed by atoms with van der Waals surface area (Å²) in [7, 11) is 0. The van der Waals surface area contributed by atoms with Gasteiger partial charge in [-0.25, -0.2) is 4.98 Å². The summed E-state index contributed by atoms with van der Waals surface area (Å²) in [6.07, 6.45) is 2.50. The molecule has 5 nitrogen and oxygen atoms in total. The highest BCUT2D eigenvalue weighted by atomic mass is 32.1. The molecule has 1 heterocycles. The van der Waals surface area contributed by atoms with Crippen molar-refractivity contribution in [2.45, 2.75) is 60.3 Å². The number of fused-ring (bicyclic) bond motifs is 1. The Hall–Kier alpha value is -2.09. The van der Waals surface area contributed by atoms with Crippen molar-refractivity contribution in [2.24, 2.45) is 10.9 Å². The highest BCUT2D eigenvalue weighted by Crippen LogP contribution is 2.33. The smallest absolute Gasteiger partial charge is 0.204 e. The van der Waals surface area contributed by atoms with E-state index in [0.29, 0.717) is 5.92 Å². The maximum absolute atomic E-state index is 8.58. The van der Waals surface area contributed by atoms with Crippen molar-refractivity contribution in [1.29, 1.82) is 0 Å². The first-order valence-electron chi connectivity index (χ1n) is 10.7. The standard InChI is InChI=1S/C19H21NOS.2C2H6.CH3NO.H3NS/c1-3-4-12-21-16-10-11-17-18(13-16)22-19(20-17)14(2)15-8-6-5-7-9-15;2*1-2;2-1-3;1-2/h5-11,13-14H,3-4,12H2,1-2H3;2*1-2H3;1H,(H2,2,3);2H,1H2. The zero-order valence-electron chi connectivity index (χ0n) is 19.7. The minimum atomic E-state index is 0.250. The van der Waals surface area contributed by atoms with Crippen LogP contribution in [-0.4, -0.2) is 18.0 Å². The minimum Gasteiger partial charge on any atom is -0.494 e. The molecule has 3 rings (SSSR count). The van der Waals surface area contributed by atoms with Gasteiger partial charge in [-0.05, 0) is 30.2 Å². The number of nitrogens with zero attached hydrogens (tertiary/aromatic N) is 1. The van der Waals surface area contributed by atoms with Crippen LogP contribution in [0.1, 0.15) is 70.9 Å². The Kier molecular flexibility index (Phi) is 21.2. The molecule has 7 heteroatoms. The van der Waals surface area contributed by atoms with Gasteiger partial charge in [0.05, 0.1) is 16.8 Å². The number of aromatic nitrogens is 1. The number of hydrogen-bond donors (Lipinski definition) is 3. The van der Waals surface area contributed by atoms with Crippen LogP contribution in [0.2, 0.25) is 0 Å². The van der Waals surface area contributed by atoms with Gasteiger partial charge >= 0.3 is 0 Å². The van der Waals surface area contributed by atoms with E-state index in [2.05, 4.69) is 80.0 Å². The number of thiol groups is 1. The van der Waals surface area contributed by atoms with E-state index in [1.54, 1.807) is 11.3 Å². The quantitative estimate of drug-likeness (QED) is 0.218. The fraction of sp³-hybridized carbons (Fsp3) is 0.417. The number of hydrogen-bond acceptors (Lipinski definition) is 6. The number of nitrogens with two attached hydrogens (primary N) is 2. The molecule has 0 saturated carbocycles. The van der Waals surface area contributed by atoms with Gasteiger partial charge in [-0.3, -0.25) is 9.93 Å². The minimum absolute atomic E-state index is 0.250. The number of unbranched alkanes of at least 4 members (excludes halogenated alkanes) is 1. The van der Waals surface area contributed by atoms with Crippen LogP contribution in [0.5, 0.6) is 5.75 Å². The van der Waals surface area contributed by atoms with Gasteiger partial charge in [-0.2, -0.15) is 0 Å². The molecular weight excluding hydrogens is 426 g/mol. The molecule has 0 spiro atoms. The molecule has 174 valence electrons. The summed E-state index contributed by atoms with van der Waals surface area (Å²) in [5, 5.41) is 5.35. The van der Waals surface area contributed by atoms with Crippen LogP contribution in [0.15, 0.2) is 48.5 Å². The molecule has 0 bridgehead atoms. The van der Waals surface area contributed by atoms with Crippen LogP contribution in [0, 0.1) is 0 Å². The number of rotatable bonds is 6. The molecule has 3 aromatic rings. The molecule has 4 N–H and O–H groups in total. The van der Waals surface area contributed by atoms with Gasteiger partial charge in [-0.1, -0.05) is 78.3 Å². The third-order valence-electron chi connectivity index (χ3n) is 3.81. The van der Waals surface area contributed by atoms with E-state index in [1.807, 2.05) is 33.8 Å². The van der Waals surface area contributed by atoms with Gasteiger partial charge in [0.1, 0.15) is 10.8 Å². The van der Waals surface area contributed by atoms with Crippen molar-refractivity contribution in [3.63, 3.8) is 0 Å². The summed E-state index contributed by atoms with van der Waals surface area (Å²) in [4.78, 5) is 13.4. The fourth-order valence-electron chi connectivity index (χ4n) is 2.42. The Balaban J connectivity index is 0. The second kappa shape index (κ2) is 21.2. The molecule has 0 aliphatic rings. The van der Waals surface area contributed by atoms with E-state index in [1.165, 1.54) is 10.3 Å². The predicted octanol–water partition coefficient (Wildman–Crippen LogP) is 6.57. The number of ether oxygens (including phenoxy) is 1. The Labute approximate surface area is 197 Å². The van der Waals surface area contributed by atoms with Crippen LogP contribution in [0.4, 0.5) is 0 Å². The lowest BCUT2D eigenvalue weighted by Crippen LogP contribution is -1.95. The monoisotopic (exact) mass is 465 g/mol. The highest BCUT2D eigenvalue weighted by Gasteiger charge is 2.13.